The second kappa shape index (κ2) is 7.83. The molecule has 0 saturated carbocycles. The van der Waals surface area contributed by atoms with E-state index in [1.807, 2.05) is 19.1 Å². The Morgan fingerprint density at radius 3 is 2.88 bits per heavy atom. The number of hydrogen-bond acceptors (Lipinski definition) is 9. The molecule has 1 aliphatic heterocycles. The highest BCUT2D eigenvalue weighted by Crippen LogP contribution is 2.18. The van der Waals surface area contributed by atoms with E-state index >= 15 is 0 Å². The molecule has 0 spiro atoms. The first-order valence-electron chi connectivity index (χ1n) is 8.07. The fourth-order valence-electron chi connectivity index (χ4n) is 2.49. The van der Waals surface area contributed by atoms with Gasteiger partial charge in [0, 0.05) is 25.7 Å². The average Bonchev–Trinajstić information content (AvgIpc) is 2.63. The van der Waals surface area contributed by atoms with Crippen LogP contribution in [0, 0.1) is 18.3 Å². The fraction of sp³-hybridized carbons (Fsp3) is 0.438. The Morgan fingerprint density at radius 2 is 2.16 bits per heavy atom. The predicted octanol–water partition coefficient (Wildman–Crippen LogP) is 0.979. The van der Waals surface area contributed by atoms with Crippen LogP contribution in [0.1, 0.15) is 18.3 Å². The molecule has 9 nitrogen and oxygen atoms in total. The van der Waals surface area contributed by atoms with Gasteiger partial charge in [0.2, 0.25) is 0 Å². The molecule has 2 aromatic heterocycles. The zero-order valence-corrected chi connectivity index (χ0v) is 14.2. The molecule has 1 saturated heterocycles. The lowest BCUT2D eigenvalue weighted by molar-refractivity contribution is -0.0196. The Labute approximate surface area is 145 Å². The molecule has 2 unspecified atom stereocenters. The number of anilines is 3. The summed E-state index contributed by atoms with van der Waals surface area (Å²) in [5, 5.41) is 26.7. The van der Waals surface area contributed by atoms with Crippen molar-refractivity contribution in [1.82, 2.24) is 25.5 Å². The number of aryl methyl sites for hydroxylation is 1. The molecule has 3 N–H and O–H groups in total. The van der Waals surface area contributed by atoms with Crippen molar-refractivity contribution in [3.05, 3.63) is 29.8 Å². The summed E-state index contributed by atoms with van der Waals surface area (Å²) in [6.07, 6.45) is 3.20. The van der Waals surface area contributed by atoms with Crippen molar-refractivity contribution in [3.63, 3.8) is 0 Å². The lowest BCUT2D eigenvalue weighted by Gasteiger charge is -2.29. The van der Waals surface area contributed by atoms with E-state index in [1.54, 1.807) is 0 Å². The molecule has 1 aliphatic rings. The molecule has 0 amide bonds. The highest BCUT2D eigenvalue weighted by molar-refractivity contribution is 5.59. The lowest BCUT2D eigenvalue weighted by atomic mass is 10.2. The van der Waals surface area contributed by atoms with Gasteiger partial charge in [-0.15, -0.1) is 5.10 Å². The highest BCUT2D eigenvalue weighted by Gasteiger charge is 2.18. The summed E-state index contributed by atoms with van der Waals surface area (Å²) in [5.74, 6) is 1.04. The van der Waals surface area contributed by atoms with Crippen molar-refractivity contribution in [2.24, 2.45) is 0 Å². The van der Waals surface area contributed by atoms with Crippen molar-refractivity contribution >= 4 is 17.3 Å². The molecule has 25 heavy (non-hydrogen) atoms. The summed E-state index contributed by atoms with van der Waals surface area (Å²) in [6.45, 7) is 6.33. The van der Waals surface area contributed by atoms with Gasteiger partial charge in [0.15, 0.2) is 11.5 Å². The van der Waals surface area contributed by atoms with Crippen molar-refractivity contribution in [2.75, 3.05) is 30.3 Å². The SMILES string of the molecule is Cc1nnc(Nc2cnc(C#N)cn2)cc1NCC1CNCC(C)O1. The Hall–Kier alpha value is -2.83. The molecular weight excluding hydrogens is 320 g/mol. The van der Waals surface area contributed by atoms with Gasteiger partial charge < -0.3 is 20.7 Å². The molecule has 0 aliphatic carbocycles. The first-order valence-corrected chi connectivity index (χ1v) is 8.07. The average molecular weight is 340 g/mol. The molecule has 0 radical (unpaired) electrons. The highest BCUT2D eigenvalue weighted by atomic mass is 16.5. The minimum absolute atomic E-state index is 0.108. The smallest absolute Gasteiger partial charge is 0.158 e. The third kappa shape index (κ3) is 4.59. The maximum Gasteiger partial charge on any atom is 0.158 e. The molecular formula is C16H20N8O. The quantitative estimate of drug-likeness (QED) is 0.731. The van der Waals surface area contributed by atoms with E-state index in [0.29, 0.717) is 18.2 Å². The van der Waals surface area contributed by atoms with Crippen molar-refractivity contribution in [1.29, 1.82) is 5.26 Å². The van der Waals surface area contributed by atoms with Gasteiger partial charge in [-0.3, -0.25) is 0 Å². The molecule has 3 heterocycles. The first-order chi connectivity index (χ1) is 12.1. The summed E-state index contributed by atoms with van der Waals surface area (Å²) in [4.78, 5) is 8.08. The molecule has 2 atom stereocenters. The third-order valence-corrected chi connectivity index (χ3v) is 3.75. The Bertz CT molecular complexity index is 758. The van der Waals surface area contributed by atoms with Crippen LogP contribution in [-0.4, -0.2) is 52.0 Å². The fourth-order valence-corrected chi connectivity index (χ4v) is 2.49. The maximum atomic E-state index is 8.75. The molecule has 0 aromatic carbocycles. The number of rotatable bonds is 5. The van der Waals surface area contributed by atoms with Gasteiger partial charge >= 0.3 is 0 Å². The van der Waals surface area contributed by atoms with Gasteiger partial charge in [0.1, 0.15) is 11.9 Å². The van der Waals surface area contributed by atoms with Gasteiger partial charge in [-0.25, -0.2) is 9.97 Å². The summed E-state index contributed by atoms with van der Waals surface area (Å²) < 4.78 is 5.87. The number of morpholine rings is 1. The molecule has 130 valence electrons. The zero-order valence-electron chi connectivity index (χ0n) is 14.2. The first kappa shape index (κ1) is 17.0. The number of hydrogen-bond donors (Lipinski definition) is 3. The van der Waals surface area contributed by atoms with E-state index in [1.165, 1.54) is 12.4 Å². The van der Waals surface area contributed by atoms with Crippen LogP contribution in [-0.2, 0) is 4.74 Å². The number of aromatic nitrogens is 4. The monoisotopic (exact) mass is 340 g/mol. The minimum Gasteiger partial charge on any atom is -0.381 e. The van der Waals surface area contributed by atoms with Crippen molar-refractivity contribution < 1.29 is 4.74 Å². The largest absolute Gasteiger partial charge is 0.381 e. The van der Waals surface area contributed by atoms with E-state index in [9.17, 15) is 0 Å². The van der Waals surface area contributed by atoms with Crippen LogP contribution < -0.4 is 16.0 Å². The van der Waals surface area contributed by atoms with Gasteiger partial charge in [0.05, 0.1) is 36.0 Å². The molecule has 0 bridgehead atoms. The van der Waals surface area contributed by atoms with Crippen LogP contribution in [0.3, 0.4) is 0 Å². The zero-order chi connectivity index (χ0) is 17.6. The lowest BCUT2D eigenvalue weighted by Crippen LogP contribution is -2.46. The topological polar surface area (TPSA) is 121 Å². The van der Waals surface area contributed by atoms with Crippen molar-refractivity contribution in [3.8, 4) is 6.07 Å². The van der Waals surface area contributed by atoms with Gasteiger partial charge in [-0.1, -0.05) is 0 Å². The van der Waals surface area contributed by atoms with Crippen LogP contribution in [0.4, 0.5) is 17.3 Å². The van der Waals surface area contributed by atoms with Crippen LogP contribution in [0.5, 0.6) is 0 Å². The van der Waals surface area contributed by atoms with Gasteiger partial charge in [-0.2, -0.15) is 10.4 Å². The van der Waals surface area contributed by atoms with E-state index in [0.717, 1.165) is 24.5 Å². The molecule has 2 aromatic rings. The predicted molar refractivity (Wildman–Crippen MR) is 92.5 cm³/mol. The number of nitrogens with zero attached hydrogens (tertiary/aromatic N) is 5. The summed E-state index contributed by atoms with van der Waals surface area (Å²) >= 11 is 0. The Morgan fingerprint density at radius 1 is 1.28 bits per heavy atom. The number of nitriles is 1. The molecule has 1 fully saturated rings. The van der Waals surface area contributed by atoms with Crippen LogP contribution >= 0.6 is 0 Å². The number of ether oxygens (including phenoxy) is 1. The van der Waals surface area contributed by atoms with E-state index < -0.39 is 0 Å². The van der Waals surface area contributed by atoms with Gasteiger partial charge in [-0.05, 0) is 13.8 Å². The standard InChI is InChI=1S/C16H20N8O/c1-10-5-18-7-13(25-10)8-20-14-3-15(24-23-11(14)2)22-16-9-19-12(4-17)6-21-16/h3,6,9-10,13,18H,5,7-8H2,1-2H3,(H2,20,21,22,24). The second-order valence-corrected chi connectivity index (χ2v) is 5.86. The Kier molecular flexibility index (Phi) is 5.33. The molecule has 9 heteroatoms. The summed E-state index contributed by atoms with van der Waals surface area (Å²) in [5.41, 5.74) is 1.94. The van der Waals surface area contributed by atoms with E-state index in [4.69, 9.17) is 10.00 Å². The van der Waals surface area contributed by atoms with Crippen molar-refractivity contribution in [2.45, 2.75) is 26.1 Å². The summed E-state index contributed by atoms with van der Waals surface area (Å²) in [6, 6.07) is 3.79. The van der Waals surface area contributed by atoms with E-state index in [2.05, 4.69) is 43.0 Å². The van der Waals surface area contributed by atoms with E-state index in [-0.39, 0.29) is 17.9 Å². The summed E-state index contributed by atoms with van der Waals surface area (Å²) in [7, 11) is 0. The maximum absolute atomic E-state index is 8.75. The van der Waals surface area contributed by atoms with Crippen LogP contribution in [0.15, 0.2) is 18.5 Å². The number of nitrogens with one attached hydrogen (secondary N) is 3. The molecule has 3 rings (SSSR count). The van der Waals surface area contributed by atoms with Crippen LogP contribution in [0.2, 0.25) is 0 Å². The minimum atomic E-state index is 0.108. The second-order valence-electron chi connectivity index (χ2n) is 5.86. The normalized spacial score (nSPS) is 19.9. The van der Waals surface area contributed by atoms with Gasteiger partial charge in [0.25, 0.3) is 0 Å². The third-order valence-electron chi connectivity index (χ3n) is 3.75. The van der Waals surface area contributed by atoms with Crippen LogP contribution in [0.25, 0.3) is 0 Å². The Balaban J connectivity index is 1.64.